The third-order valence-electron chi connectivity index (χ3n) is 2.23. The second-order valence-electron chi connectivity index (χ2n) is 3.97. The monoisotopic (exact) mass is 234 g/mol. The molecule has 1 rings (SSSR count). The molecule has 0 saturated heterocycles. The minimum atomic E-state index is 0.0252. The summed E-state index contributed by atoms with van der Waals surface area (Å²) >= 11 is 0. The zero-order valence-electron chi connectivity index (χ0n) is 10.5. The molecule has 0 unspecified atom stereocenters. The molecule has 0 atom stereocenters. The van der Waals surface area contributed by atoms with Gasteiger partial charge in [0.15, 0.2) is 18.1 Å². The van der Waals surface area contributed by atoms with Crippen LogP contribution in [0.15, 0.2) is 18.2 Å². The van der Waals surface area contributed by atoms with Gasteiger partial charge in [-0.15, -0.1) is 0 Å². The number of nitrogens with one attached hydrogen (secondary N) is 1. The number of hydrogen-bond acceptors (Lipinski definition) is 4. The molecule has 0 saturated carbocycles. The first-order chi connectivity index (χ1) is 8.17. The van der Waals surface area contributed by atoms with Crippen LogP contribution in [-0.4, -0.2) is 19.8 Å². The van der Waals surface area contributed by atoms with Gasteiger partial charge in [-0.2, -0.15) is 5.26 Å². The van der Waals surface area contributed by atoms with Crippen molar-refractivity contribution in [2.45, 2.75) is 26.4 Å². The van der Waals surface area contributed by atoms with Gasteiger partial charge in [-0.1, -0.05) is 19.9 Å². The quantitative estimate of drug-likeness (QED) is 0.819. The van der Waals surface area contributed by atoms with E-state index >= 15 is 0 Å². The summed E-state index contributed by atoms with van der Waals surface area (Å²) in [5.74, 6) is 1.26. The SMILES string of the molecule is COc1ccc(CNC(C)C)cc1OCC#N. The Morgan fingerprint density at radius 3 is 2.71 bits per heavy atom. The fourth-order valence-corrected chi connectivity index (χ4v) is 1.38. The maximum atomic E-state index is 8.51. The van der Waals surface area contributed by atoms with Crippen LogP contribution in [0.1, 0.15) is 19.4 Å². The van der Waals surface area contributed by atoms with Crippen molar-refractivity contribution in [2.75, 3.05) is 13.7 Å². The number of hydrogen-bond donors (Lipinski definition) is 1. The van der Waals surface area contributed by atoms with Crippen LogP contribution >= 0.6 is 0 Å². The molecule has 17 heavy (non-hydrogen) atoms. The van der Waals surface area contributed by atoms with Crippen LogP contribution in [0.3, 0.4) is 0 Å². The first kappa shape index (κ1) is 13.3. The zero-order valence-corrected chi connectivity index (χ0v) is 10.5. The first-order valence-corrected chi connectivity index (χ1v) is 5.57. The van der Waals surface area contributed by atoms with E-state index in [-0.39, 0.29) is 6.61 Å². The average molecular weight is 234 g/mol. The van der Waals surface area contributed by atoms with E-state index in [9.17, 15) is 0 Å². The van der Waals surface area contributed by atoms with Gasteiger partial charge in [0, 0.05) is 12.6 Å². The minimum Gasteiger partial charge on any atom is -0.493 e. The second kappa shape index (κ2) is 6.77. The number of benzene rings is 1. The zero-order chi connectivity index (χ0) is 12.7. The lowest BCUT2D eigenvalue weighted by Gasteiger charge is -2.12. The highest BCUT2D eigenvalue weighted by Crippen LogP contribution is 2.27. The van der Waals surface area contributed by atoms with Crippen molar-refractivity contribution in [3.05, 3.63) is 23.8 Å². The summed E-state index contributed by atoms with van der Waals surface area (Å²) in [4.78, 5) is 0. The van der Waals surface area contributed by atoms with Crippen molar-refractivity contribution in [1.29, 1.82) is 5.26 Å². The highest BCUT2D eigenvalue weighted by Gasteiger charge is 2.05. The lowest BCUT2D eigenvalue weighted by molar-refractivity contribution is 0.329. The van der Waals surface area contributed by atoms with Crippen molar-refractivity contribution in [3.8, 4) is 17.6 Å². The Morgan fingerprint density at radius 1 is 1.35 bits per heavy atom. The molecule has 92 valence electrons. The van der Waals surface area contributed by atoms with Crippen LogP contribution in [0, 0.1) is 11.3 Å². The Morgan fingerprint density at radius 2 is 2.12 bits per heavy atom. The smallest absolute Gasteiger partial charge is 0.174 e. The highest BCUT2D eigenvalue weighted by molar-refractivity contribution is 5.43. The third-order valence-corrected chi connectivity index (χ3v) is 2.23. The summed E-state index contributed by atoms with van der Waals surface area (Å²) in [6.07, 6.45) is 0. The Balaban J connectivity index is 2.77. The largest absolute Gasteiger partial charge is 0.493 e. The molecule has 0 bridgehead atoms. The van der Waals surface area contributed by atoms with E-state index in [1.54, 1.807) is 7.11 Å². The summed E-state index contributed by atoms with van der Waals surface area (Å²) in [5.41, 5.74) is 1.10. The molecule has 1 aromatic carbocycles. The number of nitrogens with zero attached hydrogens (tertiary/aromatic N) is 1. The van der Waals surface area contributed by atoms with E-state index in [1.165, 1.54) is 0 Å². The van der Waals surface area contributed by atoms with Gasteiger partial charge in [-0.05, 0) is 17.7 Å². The fraction of sp³-hybridized carbons (Fsp3) is 0.462. The normalized spacial score (nSPS) is 10.1. The minimum absolute atomic E-state index is 0.0252. The van der Waals surface area contributed by atoms with Crippen LogP contribution in [0.25, 0.3) is 0 Å². The molecule has 0 aliphatic carbocycles. The standard InChI is InChI=1S/C13H18N2O2/c1-10(2)15-9-11-4-5-12(16-3)13(8-11)17-7-6-14/h4-5,8,10,15H,7,9H2,1-3H3. The van der Waals surface area contributed by atoms with Gasteiger partial charge in [0.1, 0.15) is 6.07 Å². The molecule has 0 aliphatic heterocycles. The van der Waals surface area contributed by atoms with Crippen molar-refractivity contribution in [3.63, 3.8) is 0 Å². The number of methoxy groups -OCH3 is 1. The van der Waals surface area contributed by atoms with Crippen LogP contribution in [0.4, 0.5) is 0 Å². The third kappa shape index (κ3) is 4.33. The Hall–Kier alpha value is -1.73. The van der Waals surface area contributed by atoms with Crippen molar-refractivity contribution >= 4 is 0 Å². The van der Waals surface area contributed by atoms with Gasteiger partial charge in [-0.25, -0.2) is 0 Å². The highest BCUT2D eigenvalue weighted by atomic mass is 16.5. The fourth-order valence-electron chi connectivity index (χ4n) is 1.38. The average Bonchev–Trinajstić information content (AvgIpc) is 2.33. The number of nitriles is 1. The lowest BCUT2D eigenvalue weighted by atomic mass is 10.2. The molecule has 0 aliphatic rings. The predicted octanol–water partition coefficient (Wildman–Crippen LogP) is 2.10. The molecule has 0 aromatic heterocycles. The van der Waals surface area contributed by atoms with E-state index in [4.69, 9.17) is 14.7 Å². The maximum Gasteiger partial charge on any atom is 0.174 e. The van der Waals surface area contributed by atoms with Gasteiger partial charge >= 0.3 is 0 Å². The van der Waals surface area contributed by atoms with E-state index in [0.717, 1.165) is 12.1 Å². The first-order valence-electron chi connectivity index (χ1n) is 5.57. The van der Waals surface area contributed by atoms with Crippen LogP contribution in [0.2, 0.25) is 0 Å². The molecule has 4 nitrogen and oxygen atoms in total. The molecule has 4 heteroatoms. The molecule has 0 fully saturated rings. The lowest BCUT2D eigenvalue weighted by Crippen LogP contribution is -2.21. The Labute approximate surface area is 102 Å². The molecular weight excluding hydrogens is 216 g/mol. The maximum absolute atomic E-state index is 8.51. The molecular formula is C13H18N2O2. The number of rotatable bonds is 6. The van der Waals surface area contributed by atoms with Crippen LogP contribution < -0.4 is 14.8 Å². The topological polar surface area (TPSA) is 54.3 Å². The predicted molar refractivity (Wildman–Crippen MR) is 66.1 cm³/mol. The summed E-state index contributed by atoms with van der Waals surface area (Å²) in [6.45, 7) is 4.98. The molecule has 0 amide bonds. The summed E-state index contributed by atoms with van der Waals surface area (Å²) in [5, 5.41) is 11.8. The second-order valence-corrected chi connectivity index (χ2v) is 3.97. The van der Waals surface area contributed by atoms with Crippen molar-refractivity contribution in [2.24, 2.45) is 0 Å². The van der Waals surface area contributed by atoms with Gasteiger partial charge in [0.2, 0.25) is 0 Å². The summed E-state index contributed by atoms with van der Waals surface area (Å²) in [6, 6.07) is 8.10. The molecule has 0 radical (unpaired) electrons. The molecule has 1 N–H and O–H groups in total. The van der Waals surface area contributed by atoms with Gasteiger partial charge in [-0.3, -0.25) is 0 Å². The molecule has 0 heterocycles. The van der Waals surface area contributed by atoms with Gasteiger partial charge in [0.05, 0.1) is 7.11 Å². The van der Waals surface area contributed by atoms with Crippen molar-refractivity contribution in [1.82, 2.24) is 5.32 Å². The van der Waals surface area contributed by atoms with E-state index < -0.39 is 0 Å². The summed E-state index contributed by atoms with van der Waals surface area (Å²) < 4.78 is 10.5. The van der Waals surface area contributed by atoms with Gasteiger partial charge in [0.25, 0.3) is 0 Å². The summed E-state index contributed by atoms with van der Waals surface area (Å²) in [7, 11) is 1.58. The van der Waals surface area contributed by atoms with Crippen molar-refractivity contribution < 1.29 is 9.47 Å². The van der Waals surface area contributed by atoms with E-state index in [2.05, 4.69) is 19.2 Å². The van der Waals surface area contributed by atoms with Crippen LogP contribution in [-0.2, 0) is 6.54 Å². The molecule has 1 aromatic rings. The van der Waals surface area contributed by atoms with Crippen LogP contribution in [0.5, 0.6) is 11.5 Å². The molecule has 0 spiro atoms. The number of ether oxygens (including phenoxy) is 2. The van der Waals surface area contributed by atoms with E-state index in [0.29, 0.717) is 17.5 Å². The van der Waals surface area contributed by atoms with E-state index in [1.807, 2.05) is 24.3 Å². The Kier molecular flexibility index (Phi) is 5.31. The van der Waals surface area contributed by atoms with Gasteiger partial charge < -0.3 is 14.8 Å². The Bertz CT molecular complexity index is 397.